The molecule has 0 aliphatic rings. The molecular formula is C16H15NO3. The summed E-state index contributed by atoms with van der Waals surface area (Å²) >= 11 is 0. The number of aliphatic hydroxyl groups is 1. The summed E-state index contributed by atoms with van der Waals surface area (Å²) in [5.74, 6) is 1.58. The fraction of sp³-hybridized carbons (Fsp3) is 0.125. The molecule has 0 saturated heterocycles. The number of fused-ring (bicyclic) bond motifs is 1. The number of aromatic hydroxyl groups is 1. The van der Waals surface area contributed by atoms with E-state index in [4.69, 9.17) is 9.52 Å². The third-order valence-corrected chi connectivity index (χ3v) is 3.23. The van der Waals surface area contributed by atoms with Crippen LogP contribution in [0.5, 0.6) is 5.75 Å². The number of rotatable bonds is 4. The highest BCUT2D eigenvalue weighted by Crippen LogP contribution is 2.30. The van der Waals surface area contributed by atoms with Gasteiger partial charge < -0.3 is 19.9 Å². The Labute approximate surface area is 116 Å². The highest BCUT2D eigenvalue weighted by atomic mass is 16.4. The van der Waals surface area contributed by atoms with E-state index in [1.165, 1.54) is 0 Å². The third kappa shape index (κ3) is 2.33. The Morgan fingerprint density at radius 2 is 1.65 bits per heavy atom. The Balaban J connectivity index is 1.85. The van der Waals surface area contributed by atoms with Gasteiger partial charge in [0, 0.05) is 16.5 Å². The van der Waals surface area contributed by atoms with Crippen molar-refractivity contribution >= 4 is 16.5 Å². The predicted molar refractivity (Wildman–Crippen MR) is 77.6 cm³/mol. The monoisotopic (exact) mass is 269 g/mol. The third-order valence-electron chi connectivity index (χ3n) is 3.23. The van der Waals surface area contributed by atoms with Gasteiger partial charge in [-0.25, -0.2) is 0 Å². The average Bonchev–Trinajstić information content (AvgIpc) is 2.94. The van der Waals surface area contributed by atoms with Crippen molar-refractivity contribution in [1.82, 2.24) is 0 Å². The Hall–Kier alpha value is -2.46. The topological polar surface area (TPSA) is 65.6 Å². The van der Waals surface area contributed by atoms with Crippen LogP contribution < -0.4 is 5.32 Å². The molecule has 0 aliphatic carbocycles. The van der Waals surface area contributed by atoms with Gasteiger partial charge in [0.25, 0.3) is 0 Å². The molecule has 2 aromatic carbocycles. The molecule has 1 heterocycles. The van der Waals surface area contributed by atoms with Gasteiger partial charge in [-0.15, -0.1) is 0 Å². The maximum absolute atomic E-state index is 9.84. The summed E-state index contributed by atoms with van der Waals surface area (Å²) in [5.41, 5.74) is 0.931. The van der Waals surface area contributed by atoms with Crippen LogP contribution in [-0.4, -0.2) is 10.2 Å². The number of aliphatic hydroxyl groups excluding tert-OH is 1. The largest absolute Gasteiger partial charge is 0.507 e. The summed E-state index contributed by atoms with van der Waals surface area (Å²) in [5, 5.41) is 23.9. The Morgan fingerprint density at radius 1 is 0.900 bits per heavy atom. The van der Waals surface area contributed by atoms with E-state index < -0.39 is 0 Å². The smallest absolute Gasteiger partial charge is 0.129 e. The highest BCUT2D eigenvalue weighted by Gasteiger charge is 2.05. The molecule has 0 radical (unpaired) electrons. The summed E-state index contributed by atoms with van der Waals surface area (Å²) in [7, 11) is 0. The molecule has 4 nitrogen and oxygen atoms in total. The second-order valence-corrected chi connectivity index (χ2v) is 4.56. The first kappa shape index (κ1) is 12.6. The van der Waals surface area contributed by atoms with Crippen molar-refractivity contribution in [2.75, 3.05) is 5.32 Å². The van der Waals surface area contributed by atoms with Gasteiger partial charge in [-0.05, 0) is 24.3 Å². The Kier molecular flexibility index (Phi) is 3.31. The van der Waals surface area contributed by atoms with Crippen molar-refractivity contribution in [2.45, 2.75) is 13.2 Å². The first-order chi connectivity index (χ1) is 9.78. The lowest BCUT2D eigenvalue weighted by Crippen LogP contribution is -1.98. The van der Waals surface area contributed by atoms with E-state index >= 15 is 0 Å². The van der Waals surface area contributed by atoms with Gasteiger partial charge in [-0.1, -0.05) is 24.3 Å². The summed E-state index contributed by atoms with van der Waals surface area (Å²) in [6.45, 7) is 0.427. The van der Waals surface area contributed by atoms with Crippen LogP contribution in [0.3, 0.4) is 0 Å². The highest BCUT2D eigenvalue weighted by molar-refractivity contribution is 5.97. The van der Waals surface area contributed by atoms with Crippen LogP contribution in [-0.2, 0) is 13.2 Å². The van der Waals surface area contributed by atoms with E-state index in [1.54, 1.807) is 12.1 Å². The maximum Gasteiger partial charge on any atom is 0.129 e. The zero-order valence-corrected chi connectivity index (χ0v) is 10.8. The van der Waals surface area contributed by atoms with E-state index in [2.05, 4.69) is 5.32 Å². The van der Waals surface area contributed by atoms with Crippen LogP contribution in [0.4, 0.5) is 5.69 Å². The Morgan fingerprint density at radius 3 is 2.45 bits per heavy atom. The lowest BCUT2D eigenvalue weighted by atomic mass is 10.1. The molecule has 3 rings (SSSR count). The SMILES string of the molecule is OCc1ccc(CNc2cccc3c(O)cccc23)o1. The lowest BCUT2D eigenvalue weighted by molar-refractivity contribution is 0.244. The molecule has 20 heavy (non-hydrogen) atoms. The molecule has 0 fully saturated rings. The van der Waals surface area contributed by atoms with Crippen LogP contribution in [0.2, 0.25) is 0 Å². The summed E-state index contributed by atoms with van der Waals surface area (Å²) in [6, 6.07) is 14.8. The predicted octanol–water partition coefficient (Wildman–Crippen LogP) is 3.24. The van der Waals surface area contributed by atoms with Crippen molar-refractivity contribution in [3.63, 3.8) is 0 Å². The van der Waals surface area contributed by atoms with E-state index in [0.717, 1.165) is 22.2 Å². The molecule has 0 saturated carbocycles. The molecule has 0 spiro atoms. The van der Waals surface area contributed by atoms with Gasteiger partial charge in [0.1, 0.15) is 23.9 Å². The van der Waals surface area contributed by atoms with Crippen LogP contribution in [0, 0.1) is 0 Å². The van der Waals surface area contributed by atoms with Gasteiger partial charge in [-0.3, -0.25) is 0 Å². The fourth-order valence-corrected chi connectivity index (χ4v) is 2.23. The molecule has 3 N–H and O–H groups in total. The van der Waals surface area contributed by atoms with Gasteiger partial charge in [0.15, 0.2) is 0 Å². The average molecular weight is 269 g/mol. The molecule has 1 aromatic heterocycles. The number of anilines is 1. The zero-order chi connectivity index (χ0) is 13.9. The van der Waals surface area contributed by atoms with E-state index in [-0.39, 0.29) is 12.4 Å². The minimum atomic E-state index is -0.0951. The molecule has 0 atom stereocenters. The molecule has 0 bridgehead atoms. The van der Waals surface area contributed by atoms with Gasteiger partial charge in [0.2, 0.25) is 0 Å². The van der Waals surface area contributed by atoms with E-state index in [9.17, 15) is 5.11 Å². The van der Waals surface area contributed by atoms with Crippen LogP contribution in [0.15, 0.2) is 52.9 Å². The Bertz CT molecular complexity index is 733. The minimum Gasteiger partial charge on any atom is -0.507 e. The van der Waals surface area contributed by atoms with Crippen molar-refractivity contribution in [1.29, 1.82) is 0 Å². The molecule has 0 unspecified atom stereocenters. The van der Waals surface area contributed by atoms with Crippen molar-refractivity contribution in [3.05, 3.63) is 60.1 Å². The molecular weight excluding hydrogens is 254 g/mol. The van der Waals surface area contributed by atoms with Gasteiger partial charge in [0.05, 0.1) is 6.54 Å². The number of furan rings is 1. The van der Waals surface area contributed by atoms with Crippen molar-refractivity contribution in [2.24, 2.45) is 0 Å². The standard InChI is InChI=1S/C16H15NO3/c18-10-12-8-7-11(20-12)9-17-15-5-1-4-14-13(15)3-2-6-16(14)19/h1-8,17-19H,9-10H2. The second-order valence-electron chi connectivity index (χ2n) is 4.56. The van der Waals surface area contributed by atoms with Crippen LogP contribution in [0.1, 0.15) is 11.5 Å². The first-order valence-corrected chi connectivity index (χ1v) is 6.41. The fourth-order valence-electron chi connectivity index (χ4n) is 2.23. The maximum atomic E-state index is 9.84. The van der Waals surface area contributed by atoms with E-state index in [0.29, 0.717) is 12.3 Å². The molecule has 0 amide bonds. The van der Waals surface area contributed by atoms with E-state index in [1.807, 2.05) is 36.4 Å². The molecule has 0 aliphatic heterocycles. The molecule has 102 valence electrons. The quantitative estimate of drug-likeness (QED) is 0.680. The number of benzene rings is 2. The number of phenolic OH excluding ortho intramolecular Hbond substituents is 1. The minimum absolute atomic E-state index is 0.0951. The molecule has 3 aromatic rings. The first-order valence-electron chi connectivity index (χ1n) is 6.41. The summed E-state index contributed by atoms with van der Waals surface area (Å²) in [4.78, 5) is 0. The lowest BCUT2D eigenvalue weighted by Gasteiger charge is -2.09. The zero-order valence-electron chi connectivity index (χ0n) is 10.8. The van der Waals surface area contributed by atoms with Crippen LogP contribution >= 0.6 is 0 Å². The summed E-state index contributed by atoms with van der Waals surface area (Å²) < 4.78 is 5.43. The summed E-state index contributed by atoms with van der Waals surface area (Å²) in [6.07, 6.45) is 0. The van der Waals surface area contributed by atoms with Gasteiger partial charge >= 0.3 is 0 Å². The van der Waals surface area contributed by atoms with Crippen molar-refractivity contribution in [3.8, 4) is 5.75 Å². The van der Waals surface area contributed by atoms with Crippen LogP contribution in [0.25, 0.3) is 10.8 Å². The molecule has 4 heteroatoms. The number of phenols is 1. The van der Waals surface area contributed by atoms with Crippen molar-refractivity contribution < 1.29 is 14.6 Å². The number of hydrogen-bond donors (Lipinski definition) is 3. The second kappa shape index (κ2) is 5.27. The number of nitrogens with one attached hydrogen (secondary N) is 1. The number of hydrogen-bond acceptors (Lipinski definition) is 4. The van der Waals surface area contributed by atoms with Gasteiger partial charge in [-0.2, -0.15) is 0 Å². The normalized spacial score (nSPS) is 10.8.